The maximum atomic E-state index is 12.7. The van der Waals surface area contributed by atoms with Gasteiger partial charge in [-0.15, -0.1) is 0 Å². The Morgan fingerprint density at radius 3 is 2.53 bits per heavy atom. The molecule has 5 N–H and O–H groups in total. The standard InChI is InChI=1S/C28H34N2O4/c1-18-6-4-9-24(20(18)3)15-30-28(34)23-8-5-7-21(13-23)12-19(2)29-16-27(33)22-10-11-26(32)25(14-22)17-31/h4-11,13-14,19,27,29,31-33H,12,15-17H2,1-3H3,(H,30,34)/t19-,27+/m1/s1. The molecule has 0 saturated heterocycles. The molecule has 3 rings (SSSR count). The van der Waals surface area contributed by atoms with Crippen LogP contribution in [0.4, 0.5) is 0 Å². The molecule has 180 valence electrons. The Kier molecular flexibility index (Phi) is 8.82. The van der Waals surface area contributed by atoms with Crippen LogP contribution >= 0.6 is 0 Å². The van der Waals surface area contributed by atoms with Crippen LogP contribution < -0.4 is 10.6 Å². The third kappa shape index (κ3) is 6.67. The lowest BCUT2D eigenvalue weighted by Crippen LogP contribution is -2.32. The third-order valence-corrected chi connectivity index (χ3v) is 6.21. The van der Waals surface area contributed by atoms with Gasteiger partial charge in [0.2, 0.25) is 0 Å². The Bertz CT molecular complexity index is 1130. The monoisotopic (exact) mass is 462 g/mol. The van der Waals surface area contributed by atoms with Crippen molar-refractivity contribution >= 4 is 5.91 Å². The van der Waals surface area contributed by atoms with Gasteiger partial charge in [0.1, 0.15) is 5.75 Å². The molecule has 0 saturated carbocycles. The number of hydrogen-bond acceptors (Lipinski definition) is 5. The number of carbonyl (C=O) groups excluding carboxylic acids is 1. The zero-order chi connectivity index (χ0) is 24.7. The van der Waals surface area contributed by atoms with Gasteiger partial charge in [0, 0.05) is 30.3 Å². The number of nitrogens with one attached hydrogen (secondary N) is 2. The number of rotatable bonds is 10. The van der Waals surface area contributed by atoms with Crippen LogP contribution in [0.5, 0.6) is 5.75 Å². The molecule has 3 aromatic carbocycles. The molecule has 0 fully saturated rings. The molecule has 0 aromatic heterocycles. The Labute approximate surface area is 201 Å². The topological polar surface area (TPSA) is 102 Å². The molecule has 3 aromatic rings. The minimum Gasteiger partial charge on any atom is -0.508 e. The lowest BCUT2D eigenvalue weighted by atomic mass is 10.0. The van der Waals surface area contributed by atoms with Crippen molar-refractivity contribution < 1.29 is 20.1 Å². The Morgan fingerprint density at radius 2 is 1.76 bits per heavy atom. The van der Waals surface area contributed by atoms with Crippen molar-refractivity contribution in [3.8, 4) is 5.75 Å². The third-order valence-electron chi connectivity index (χ3n) is 6.21. The van der Waals surface area contributed by atoms with Crippen LogP contribution in [0.3, 0.4) is 0 Å². The van der Waals surface area contributed by atoms with Gasteiger partial charge in [-0.25, -0.2) is 0 Å². The smallest absolute Gasteiger partial charge is 0.251 e. The predicted octanol–water partition coefficient (Wildman–Crippen LogP) is 3.69. The Morgan fingerprint density at radius 1 is 1.00 bits per heavy atom. The average molecular weight is 463 g/mol. The van der Waals surface area contributed by atoms with Crippen LogP contribution in [0, 0.1) is 13.8 Å². The van der Waals surface area contributed by atoms with E-state index in [-0.39, 0.29) is 24.3 Å². The summed E-state index contributed by atoms with van der Waals surface area (Å²) in [6.45, 7) is 6.68. The molecule has 0 aliphatic heterocycles. The summed E-state index contributed by atoms with van der Waals surface area (Å²) in [6.07, 6.45) is -0.0713. The van der Waals surface area contributed by atoms with E-state index in [0.29, 0.717) is 36.2 Å². The molecule has 0 aliphatic rings. The second kappa shape index (κ2) is 11.8. The van der Waals surface area contributed by atoms with E-state index < -0.39 is 6.10 Å². The van der Waals surface area contributed by atoms with Crippen LogP contribution in [-0.2, 0) is 19.6 Å². The summed E-state index contributed by atoms with van der Waals surface area (Å²) >= 11 is 0. The van der Waals surface area contributed by atoms with Gasteiger partial charge in [-0.05, 0) is 79.3 Å². The number of amides is 1. The molecule has 0 bridgehead atoms. The summed E-state index contributed by atoms with van der Waals surface area (Å²) in [7, 11) is 0. The highest BCUT2D eigenvalue weighted by Gasteiger charge is 2.13. The van der Waals surface area contributed by atoms with Gasteiger partial charge in [0.25, 0.3) is 5.91 Å². The normalized spacial score (nSPS) is 12.9. The molecule has 6 heteroatoms. The summed E-state index contributed by atoms with van der Waals surface area (Å²) in [5.74, 6) is -0.0940. The summed E-state index contributed by atoms with van der Waals surface area (Å²) < 4.78 is 0. The molecule has 0 aliphatic carbocycles. The lowest BCUT2D eigenvalue weighted by molar-refractivity contribution is 0.0950. The number of benzene rings is 3. The van der Waals surface area contributed by atoms with Gasteiger partial charge in [0.05, 0.1) is 12.7 Å². The van der Waals surface area contributed by atoms with Crippen molar-refractivity contribution in [2.75, 3.05) is 6.54 Å². The molecule has 6 nitrogen and oxygen atoms in total. The second-order valence-electron chi connectivity index (χ2n) is 8.82. The van der Waals surface area contributed by atoms with E-state index in [0.717, 1.165) is 11.1 Å². The number of phenols is 1. The fraction of sp³-hybridized carbons (Fsp3) is 0.321. The molecule has 0 radical (unpaired) electrons. The molecule has 0 unspecified atom stereocenters. The fourth-order valence-corrected chi connectivity index (χ4v) is 3.92. The van der Waals surface area contributed by atoms with Crippen LogP contribution in [0.2, 0.25) is 0 Å². The molecular formula is C28H34N2O4. The first-order valence-electron chi connectivity index (χ1n) is 11.5. The van der Waals surface area contributed by atoms with Gasteiger partial charge in [-0.1, -0.05) is 36.4 Å². The average Bonchev–Trinajstić information content (AvgIpc) is 2.83. The van der Waals surface area contributed by atoms with E-state index in [1.807, 2.05) is 43.3 Å². The van der Waals surface area contributed by atoms with E-state index >= 15 is 0 Å². The number of carbonyl (C=O) groups is 1. The highest BCUT2D eigenvalue weighted by molar-refractivity contribution is 5.94. The number of aliphatic hydroxyl groups is 2. The van der Waals surface area contributed by atoms with Crippen LogP contribution in [0.15, 0.2) is 60.7 Å². The number of aliphatic hydroxyl groups excluding tert-OH is 2. The second-order valence-corrected chi connectivity index (χ2v) is 8.82. The lowest BCUT2D eigenvalue weighted by Gasteiger charge is -2.18. The van der Waals surface area contributed by atoms with Crippen LogP contribution in [0.25, 0.3) is 0 Å². The van der Waals surface area contributed by atoms with E-state index in [1.165, 1.54) is 17.2 Å². The number of hydrogen-bond donors (Lipinski definition) is 5. The largest absolute Gasteiger partial charge is 0.508 e. The first-order chi connectivity index (χ1) is 16.3. The maximum Gasteiger partial charge on any atom is 0.251 e. The highest BCUT2D eigenvalue weighted by Crippen LogP contribution is 2.22. The summed E-state index contributed by atoms with van der Waals surface area (Å²) in [6, 6.07) is 18.5. The Balaban J connectivity index is 1.54. The quantitative estimate of drug-likeness (QED) is 0.316. The SMILES string of the molecule is Cc1cccc(CNC(=O)c2cccc(C[C@@H](C)NC[C@H](O)c3ccc(O)c(CO)c3)c2)c1C. The van der Waals surface area contributed by atoms with Crippen molar-refractivity contribution in [2.45, 2.75) is 52.5 Å². The summed E-state index contributed by atoms with van der Waals surface area (Å²) in [5.41, 5.74) is 6.18. The van der Waals surface area contributed by atoms with E-state index in [4.69, 9.17) is 0 Å². The van der Waals surface area contributed by atoms with Crippen LogP contribution in [0.1, 0.15) is 56.8 Å². The molecule has 34 heavy (non-hydrogen) atoms. The number of aromatic hydroxyl groups is 1. The van der Waals surface area contributed by atoms with E-state index in [2.05, 4.69) is 30.5 Å². The van der Waals surface area contributed by atoms with Gasteiger partial charge < -0.3 is 26.0 Å². The van der Waals surface area contributed by atoms with Crippen molar-refractivity contribution in [1.82, 2.24) is 10.6 Å². The minimum atomic E-state index is -0.768. The summed E-state index contributed by atoms with van der Waals surface area (Å²) in [5, 5.41) is 35.8. The molecule has 0 heterocycles. The summed E-state index contributed by atoms with van der Waals surface area (Å²) in [4.78, 5) is 12.7. The molecule has 2 atom stereocenters. The first kappa shape index (κ1) is 25.4. The van der Waals surface area contributed by atoms with Gasteiger partial charge >= 0.3 is 0 Å². The van der Waals surface area contributed by atoms with Gasteiger partial charge in [-0.2, -0.15) is 0 Å². The molecule has 0 spiro atoms. The van der Waals surface area contributed by atoms with E-state index in [1.54, 1.807) is 12.1 Å². The van der Waals surface area contributed by atoms with Crippen molar-refractivity contribution in [3.63, 3.8) is 0 Å². The first-order valence-corrected chi connectivity index (χ1v) is 11.5. The van der Waals surface area contributed by atoms with Crippen molar-refractivity contribution in [1.29, 1.82) is 0 Å². The van der Waals surface area contributed by atoms with Crippen molar-refractivity contribution in [3.05, 3.63) is 99.6 Å². The minimum absolute atomic E-state index is 0.0118. The van der Waals surface area contributed by atoms with Gasteiger partial charge in [0.15, 0.2) is 0 Å². The fourth-order valence-electron chi connectivity index (χ4n) is 3.92. The van der Waals surface area contributed by atoms with Crippen molar-refractivity contribution in [2.24, 2.45) is 0 Å². The zero-order valence-corrected chi connectivity index (χ0v) is 20.0. The van der Waals surface area contributed by atoms with E-state index in [9.17, 15) is 20.1 Å². The number of aryl methyl sites for hydroxylation is 1. The van der Waals surface area contributed by atoms with Crippen LogP contribution in [-0.4, -0.2) is 33.8 Å². The Hall–Kier alpha value is -3.19. The predicted molar refractivity (Wildman–Crippen MR) is 134 cm³/mol. The molecule has 1 amide bonds. The van der Waals surface area contributed by atoms with Gasteiger partial charge in [-0.3, -0.25) is 4.79 Å². The maximum absolute atomic E-state index is 12.7. The highest BCUT2D eigenvalue weighted by atomic mass is 16.3. The zero-order valence-electron chi connectivity index (χ0n) is 20.0. The molecular weight excluding hydrogens is 428 g/mol.